The Labute approximate surface area is 135 Å². The monoisotopic (exact) mass is 315 g/mol. The molecule has 4 nitrogen and oxygen atoms in total. The SMILES string of the molecule is Cc1nc(-c2cccc(C(=O)N3CC(CN)CC3C)c2)cs1. The predicted octanol–water partition coefficient (Wildman–Crippen LogP) is 2.93. The van der Waals surface area contributed by atoms with E-state index in [4.69, 9.17) is 5.73 Å². The summed E-state index contributed by atoms with van der Waals surface area (Å²) < 4.78 is 0. The number of aromatic nitrogens is 1. The minimum absolute atomic E-state index is 0.0947. The van der Waals surface area contributed by atoms with E-state index in [1.54, 1.807) is 11.3 Å². The molecule has 1 aliphatic heterocycles. The fourth-order valence-corrected chi connectivity index (χ4v) is 3.69. The van der Waals surface area contributed by atoms with E-state index in [2.05, 4.69) is 11.9 Å². The highest BCUT2D eigenvalue weighted by molar-refractivity contribution is 7.09. The molecule has 5 heteroatoms. The van der Waals surface area contributed by atoms with Gasteiger partial charge < -0.3 is 10.6 Å². The van der Waals surface area contributed by atoms with Crippen LogP contribution in [0.25, 0.3) is 11.3 Å². The largest absolute Gasteiger partial charge is 0.336 e. The first-order chi connectivity index (χ1) is 10.6. The Hall–Kier alpha value is -1.72. The first kappa shape index (κ1) is 15.2. The van der Waals surface area contributed by atoms with Crippen LogP contribution in [0.1, 0.15) is 28.7 Å². The van der Waals surface area contributed by atoms with Gasteiger partial charge in [0.25, 0.3) is 5.91 Å². The first-order valence-electron chi connectivity index (χ1n) is 7.62. The number of rotatable bonds is 3. The van der Waals surface area contributed by atoms with E-state index in [9.17, 15) is 4.79 Å². The van der Waals surface area contributed by atoms with E-state index in [0.717, 1.165) is 34.8 Å². The Morgan fingerprint density at radius 1 is 1.50 bits per heavy atom. The van der Waals surface area contributed by atoms with Gasteiger partial charge in [0, 0.05) is 29.1 Å². The average molecular weight is 315 g/mol. The van der Waals surface area contributed by atoms with Crippen LogP contribution in [-0.4, -0.2) is 34.9 Å². The van der Waals surface area contributed by atoms with E-state index in [-0.39, 0.29) is 11.9 Å². The second-order valence-electron chi connectivity index (χ2n) is 5.98. The van der Waals surface area contributed by atoms with Crippen LogP contribution in [0, 0.1) is 12.8 Å². The smallest absolute Gasteiger partial charge is 0.254 e. The van der Waals surface area contributed by atoms with Crippen molar-refractivity contribution >= 4 is 17.2 Å². The lowest BCUT2D eigenvalue weighted by Crippen LogP contribution is -2.34. The molecular weight excluding hydrogens is 294 g/mol. The van der Waals surface area contributed by atoms with Crippen LogP contribution in [0.2, 0.25) is 0 Å². The zero-order chi connectivity index (χ0) is 15.7. The molecule has 0 bridgehead atoms. The Morgan fingerprint density at radius 3 is 2.95 bits per heavy atom. The maximum absolute atomic E-state index is 12.8. The average Bonchev–Trinajstić information content (AvgIpc) is 3.12. The number of aryl methyl sites for hydroxylation is 1. The van der Waals surface area contributed by atoms with Crippen LogP contribution in [0.4, 0.5) is 0 Å². The van der Waals surface area contributed by atoms with Gasteiger partial charge in [-0.25, -0.2) is 4.98 Å². The Morgan fingerprint density at radius 2 is 2.32 bits per heavy atom. The third kappa shape index (κ3) is 2.91. The summed E-state index contributed by atoms with van der Waals surface area (Å²) in [6.07, 6.45) is 0.993. The van der Waals surface area contributed by atoms with Gasteiger partial charge in [0.1, 0.15) is 0 Å². The first-order valence-corrected chi connectivity index (χ1v) is 8.50. The fourth-order valence-electron chi connectivity index (χ4n) is 3.07. The lowest BCUT2D eigenvalue weighted by atomic mass is 10.1. The van der Waals surface area contributed by atoms with Crippen molar-refractivity contribution in [3.63, 3.8) is 0 Å². The van der Waals surface area contributed by atoms with E-state index < -0.39 is 0 Å². The molecule has 0 saturated carbocycles. The van der Waals surface area contributed by atoms with Gasteiger partial charge in [0.2, 0.25) is 0 Å². The third-order valence-corrected chi connectivity index (χ3v) is 5.05. The highest BCUT2D eigenvalue weighted by atomic mass is 32.1. The summed E-state index contributed by atoms with van der Waals surface area (Å²) in [4.78, 5) is 19.2. The second kappa shape index (κ2) is 6.18. The number of nitrogens with two attached hydrogens (primary N) is 1. The molecule has 0 radical (unpaired) electrons. The summed E-state index contributed by atoms with van der Waals surface area (Å²) in [5.41, 5.74) is 8.42. The Kier molecular flexibility index (Phi) is 4.27. The number of nitrogens with zero attached hydrogens (tertiary/aromatic N) is 2. The summed E-state index contributed by atoms with van der Waals surface area (Å²) in [7, 11) is 0. The normalized spacial score (nSPS) is 21.3. The van der Waals surface area contributed by atoms with Gasteiger partial charge in [0.05, 0.1) is 10.7 Å². The summed E-state index contributed by atoms with van der Waals surface area (Å²) >= 11 is 1.62. The molecule has 22 heavy (non-hydrogen) atoms. The van der Waals surface area contributed by atoms with Crippen LogP contribution in [0.15, 0.2) is 29.6 Å². The number of carbonyl (C=O) groups is 1. The van der Waals surface area contributed by atoms with E-state index in [0.29, 0.717) is 12.5 Å². The topological polar surface area (TPSA) is 59.2 Å². The summed E-state index contributed by atoms with van der Waals surface area (Å²) in [6, 6.07) is 8.01. The van der Waals surface area contributed by atoms with Crippen molar-refractivity contribution in [1.82, 2.24) is 9.88 Å². The fraction of sp³-hybridized carbons (Fsp3) is 0.412. The molecule has 116 valence electrons. The van der Waals surface area contributed by atoms with Gasteiger partial charge in [-0.3, -0.25) is 4.79 Å². The molecule has 0 aliphatic carbocycles. The van der Waals surface area contributed by atoms with E-state index in [1.165, 1.54) is 0 Å². The van der Waals surface area contributed by atoms with Gasteiger partial charge >= 0.3 is 0 Å². The molecule has 1 saturated heterocycles. The number of hydrogen-bond acceptors (Lipinski definition) is 4. The molecule has 3 rings (SSSR count). The molecule has 1 fully saturated rings. The van der Waals surface area contributed by atoms with Crippen LogP contribution in [0.3, 0.4) is 0 Å². The lowest BCUT2D eigenvalue weighted by molar-refractivity contribution is 0.0743. The molecule has 2 unspecified atom stereocenters. The lowest BCUT2D eigenvalue weighted by Gasteiger charge is -2.21. The van der Waals surface area contributed by atoms with Gasteiger partial charge in [-0.1, -0.05) is 12.1 Å². The summed E-state index contributed by atoms with van der Waals surface area (Å²) in [6.45, 7) is 5.49. The van der Waals surface area contributed by atoms with Gasteiger partial charge in [-0.05, 0) is 44.9 Å². The van der Waals surface area contributed by atoms with Gasteiger partial charge in [0.15, 0.2) is 0 Å². The van der Waals surface area contributed by atoms with Crippen LogP contribution >= 0.6 is 11.3 Å². The summed E-state index contributed by atoms with van der Waals surface area (Å²) in [5, 5.41) is 3.06. The number of carbonyl (C=O) groups excluding carboxylic acids is 1. The molecule has 2 heterocycles. The molecule has 2 atom stereocenters. The van der Waals surface area contributed by atoms with Crippen molar-refractivity contribution in [2.45, 2.75) is 26.3 Å². The molecule has 1 aliphatic rings. The number of amides is 1. The van der Waals surface area contributed by atoms with Crippen LogP contribution in [-0.2, 0) is 0 Å². The molecule has 2 N–H and O–H groups in total. The number of likely N-dealkylation sites (tertiary alicyclic amines) is 1. The highest BCUT2D eigenvalue weighted by Gasteiger charge is 2.32. The van der Waals surface area contributed by atoms with Crippen molar-refractivity contribution < 1.29 is 4.79 Å². The van der Waals surface area contributed by atoms with Crippen molar-refractivity contribution in [2.24, 2.45) is 11.7 Å². The van der Waals surface area contributed by atoms with Crippen LogP contribution < -0.4 is 5.73 Å². The zero-order valence-electron chi connectivity index (χ0n) is 13.0. The molecule has 2 aromatic rings. The highest BCUT2D eigenvalue weighted by Crippen LogP contribution is 2.26. The zero-order valence-corrected chi connectivity index (χ0v) is 13.8. The predicted molar refractivity (Wildman–Crippen MR) is 89.9 cm³/mol. The van der Waals surface area contributed by atoms with Crippen molar-refractivity contribution in [1.29, 1.82) is 0 Å². The second-order valence-corrected chi connectivity index (χ2v) is 7.04. The van der Waals surface area contributed by atoms with Crippen molar-refractivity contribution in [3.8, 4) is 11.3 Å². The Bertz CT molecular complexity index is 682. The van der Waals surface area contributed by atoms with Crippen molar-refractivity contribution in [3.05, 3.63) is 40.2 Å². The van der Waals surface area contributed by atoms with Crippen molar-refractivity contribution in [2.75, 3.05) is 13.1 Å². The molecule has 1 aromatic carbocycles. The third-order valence-electron chi connectivity index (χ3n) is 4.28. The van der Waals surface area contributed by atoms with Gasteiger partial charge in [-0.2, -0.15) is 0 Å². The van der Waals surface area contributed by atoms with E-state index >= 15 is 0 Å². The summed E-state index contributed by atoms with van der Waals surface area (Å²) in [5.74, 6) is 0.514. The number of hydrogen-bond donors (Lipinski definition) is 1. The minimum Gasteiger partial charge on any atom is -0.336 e. The van der Waals surface area contributed by atoms with E-state index in [1.807, 2.05) is 41.5 Å². The molecule has 1 aromatic heterocycles. The standard InChI is InChI=1S/C17H21N3OS/c1-11-6-13(8-18)9-20(11)17(21)15-5-3-4-14(7-15)16-10-22-12(2)19-16/h3-5,7,10-11,13H,6,8-9,18H2,1-2H3. The minimum atomic E-state index is 0.0947. The number of thiazole rings is 1. The quantitative estimate of drug-likeness (QED) is 0.947. The van der Waals surface area contributed by atoms with Gasteiger partial charge in [-0.15, -0.1) is 11.3 Å². The number of benzene rings is 1. The molecular formula is C17H21N3OS. The molecule has 0 spiro atoms. The van der Waals surface area contributed by atoms with Crippen LogP contribution in [0.5, 0.6) is 0 Å². The maximum atomic E-state index is 12.8. The molecule has 1 amide bonds. The maximum Gasteiger partial charge on any atom is 0.254 e. The Balaban J connectivity index is 1.84.